The number of ether oxygens (including phenoxy) is 2. The SMILES string of the molecule is CC(=O)Nc1cccc(CNC(=O)Nc2cc3c(cc2Br)OCCO3)c1. The smallest absolute Gasteiger partial charge is 0.319 e. The zero-order chi connectivity index (χ0) is 18.5. The van der Waals surface area contributed by atoms with E-state index in [-0.39, 0.29) is 11.9 Å². The van der Waals surface area contributed by atoms with Gasteiger partial charge in [-0.25, -0.2) is 4.79 Å². The van der Waals surface area contributed by atoms with E-state index in [2.05, 4.69) is 31.9 Å². The molecule has 0 aromatic heterocycles. The van der Waals surface area contributed by atoms with Crippen molar-refractivity contribution >= 4 is 39.2 Å². The third kappa shape index (κ3) is 4.66. The van der Waals surface area contributed by atoms with Crippen molar-refractivity contribution in [3.8, 4) is 11.5 Å². The van der Waals surface area contributed by atoms with Gasteiger partial charge >= 0.3 is 6.03 Å². The summed E-state index contributed by atoms with van der Waals surface area (Å²) in [5, 5.41) is 8.26. The molecular weight excluding hydrogens is 402 g/mol. The Bertz CT molecular complexity index is 841. The number of carbonyl (C=O) groups is 2. The lowest BCUT2D eigenvalue weighted by Crippen LogP contribution is -2.28. The first-order valence-corrected chi connectivity index (χ1v) is 8.81. The van der Waals surface area contributed by atoms with E-state index in [0.29, 0.717) is 47.1 Å². The van der Waals surface area contributed by atoms with Crippen molar-refractivity contribution in [1.82, 2.24) is 5.32 Å². The highest BCUT2D eigenvalue weighted by atomic mass is 79.9. The van der Waals surface area contributed by atoms with Crippen LogP contribution >= 0.6 is 15.9 Å². The Kier molecular flexibility index (Phi) is 5.62. The summed E-state index contributed by atoms with van der Waals surface area (Å²) in [6, 6.07) is 10.4. The van der Waals surface area contributed by atoms with Crippen LogP contribution in [0, 0.1) is 0 Å². The molecule has 0 fully saturated rings. The zero-order valence-electron chi connectivity index (χ0n) is 14.1. The Labute approximate surface area is 159 Å². The number of carbonyl (C=O) groups excluding carboxylic acids is 2. The summed E-state index contributed by atoms with van der Waals surface area (Å²) in [7, 11) is 0. The molecule has 8 heteroatoms. The van der Waals surface area contributed by atoms with E-state index in [4.69, 9.17) is 9.47 Å². The number of hydrogen-bond acceptors (Lipinski definition) is 4. The van der Waals surface area contributed by atoms with Crippen LogP contribution in [0.25, 0.3) is 0 Å². The molecule has 1 aliphatic heterocycles. The van der Waals surface area contributed by atoms with Crippen molar-refractivity contribution in [3.05, 3.63) is 46.4 Å². The maximum atomic E-state index is 12.2. The minimum atomic E-state index is -0.354. The lowest BCUT2D eigenvalue weighted by molar-refractivity contribution is -0.114. The molecule has 3 amide bonds. The molecule has 0 radical (unpaired) electrons. The standard InChI is InChI=1S/C18H18BrN3O4/c1-11(23)21-13-4-2-3-12(7-13)10-20-18(24)22-15-9-17-16(8-14(15)19)25-5-6-26-17/h2-4,7-9H,5-6,10H2,1H3,(H,21,23)(H2,20,22,24). The molecule has 0 unspecified atom stereocenters. The van der Waals surface area contributed by atoms with Gasteiger partial charge in [0.2, 0.25) is 5.91 Å². The summed E-state index contributed by atoms with van der Waals surface area (Å²) < 4.78 is 11.7. The van der Waals surface area contributed by atoms with Crippen LogP contribution in [0.3, 0.4) is 0 Å². The van der Waals surface area contributed by atoms with E-state index < -0.39 is 0 Å². The van der Waals surface area contributed by atoms with Gasteiger partial charge in [-0.1, -0.05) is 12.1 Å². The summed E-state index contributed by atoms with van der Waals surface area (Å²) in [4.78, 5) is 23.3. The van der Waals surface area contributed by atoms with Crippen LogP contribution in [-0.4, -0.2) is 25.2 Å². The van der Waals surface area contributed by atoms with Gasteiger partial charge < -0.3 is 25.4 Å². The number of fused-ring (bicyclic) bond motifs is 1. The summed E-state index contributed by atoms with van der Waals surface area (Å²) in [6.07, 6.45) is 0. The fourth-order valence-electron chi connectivity index (χ4n) is 2.47. The Balaban J connectivity index is 1.60. The molecule has 3 rings (SSSR count). The van der Waals surface area contributed by atoms with Gasteiger partial charge in [0.05, 0.1) is 5.69 Å². The molecule has 2 aromatic carbocycles. The monoisotopic (exact) mass is 419 g/mol. The number of nitrogens with one attached hydrogen (secondary N) is 3. The first-order chi connectivity index (χ1) is 12.5. The zero-order valence-corrected chi connectivity index (χ0v) is 15.7. The molecule has 0 atom stereocenters. The van der Waals surface area contributed by atoms with Crippen molar-refractivity contribution in [2.24, 2.45) is 0 Å². The molecular formula is C18H18BrN3O4. The Morgan fingerprint density at radius 3 is 2.54 bits per heavy atom. The maximum absolute atomic E-state index is 12.2. The third-order valence-corrected chi connectivity index (χ3v) is 4.24. The molecule has 3 N–H and O–H groups in total. The first-order valence-electron chi connectivity index (χ1n) is 8.02. The minimum Gasteiger partial charge on any atom is -0.486 e. The normalized spacial score (nSPS) is 12.2. The van der Waals surface area contributed by atoms with E-state index in [1.165, 1.54) is 6.92 Å². The van der Waals surface area contributed by atoms with Crippen molar-refractivity contribution in [3.63, 3.8) is 0 Å². The summed E-state index contributed by atoms with van der Waals surface area (Å²) >= 11 is 3.41. The number of hydrogen-bond donors (Lipinski definition) is 3. The molecule has 26 heavy (non-hydrogen) atoms. The molecule has 0 bridgehead atoms. The van der Waals surface area contributed by atoms with Crippen LogP contribution < -0.4 is 25.4 Å². The Morgan fingerprint density at radius 2 is 1.81 bits per heavy atom. The molecule has 1 aliphatic rings. The number of benzene rings is 2. The molecule has 0 saturated heterocycles. The topological polar surface area (TPSA) is 88.7 Å². The second kappa shape index (κ2) is 8.09. The lowest BCUT2D eigenvalue weighted by Gasteiger charge is -2.20. The fourth-order valence-corrected chi connectivity index (χ4v) is 2.89. The molecule has 7 nitrogen and oxygen atoms in total. The van der Waals surface area contributed by atoms with Crippen molar-refractivity contribution in [2.45, 2.75) is 13.5 Å². The van der Waals surface area contributed by atoms with E-state index in [0.717, 1.165) is 5.56 Å². The molecule has 0 aliphatic carbocycles. The Hall–Kier alpha value is -2.74. The van der Waals surface area contributed by atoms with Gasteiger partial charge in [0.25, 0.3) is 0 Å². The second-order valence-electron chi connectivity index (χ2n) is 5.66. The largest absolute Gasteiger partial charge is 0.486 e. The maximum Gasteiger partial charge on any atom is 0.319 e. The minimum absolute atomic E-state index is 0.142. The van der Waals surface area contributed by atoms with Gasteiger partial charge in [0.15, 0.2) is 11.5 Å². The summed E-state index contributed by atoms with van der Waals surface area (Å²) in [5.74, 6) is 1.10. The number of rotatable bonds is 4. The van der Waals surface area contributed by atoms with Crippen LogP contribution in [0.1, 0.15) is 12.5 Å². The van der Waals surface area contributed by atoms with E-state index in [1.54, 1.807) is 18.2 Å². The van der Waals surface area contributed by atoms with Crippen LogP contribution in [0.5, 0.6) is 11.5 Å². The molecule has 0 spiro atoms. The van der Waals surface area contributed by atoms with Crippen LogP contribution in [-0.2, 0) is 11.3 Å². The van der Waals surface area contributed by atoms with Gasteiger partial charge in [-0.3, -0.25) is 4.79 Å². The van der Waals surface area contributed by atoms with Crippen molar-refractivity contribution in [1.29, 1.82) is 0 Å². The summed E-state index contributed by atoms with van der Waals surface area (Å²) in [5.41, 5.74) is 2.14. The Morgan fingerprint density at radius 1 is 1.08 bits per heavy atom. The number of urea groups is 1. The van der Waals surface area contributed by atoms with Gasteiger partial charge in [0, 0.05) is 35.8 Å². The molecule has 2 aromatic rings. The van der Waals surface area contributed by atoms with Crippen LogP contribution in [0.15, 0.2) is 40.9 Å². The van der Waals surface area contributed by atoms with Gasteiger partial charge in [0.1, 0.15) is 13.2 Å². The number of anilines is 2. The third-order valence-electron chi connectivity index (χ3n) is 3.58. The highest BCUT2D eigenvalue weighted by Crippen LogP contribution is 2.38. The van der Waals surface area contributed by atoms with E-state index in [1.807, 2.05) is 18.2 Å². The lowest BCUT2D eigenvalue weighted by atomic mass is 10.2. The molecule has 136 valence electrons. The average molecular weight is 420 g/mol. The predicted octanol–water partition coefficient (Wildman–Crippen LogP) is 3.50. The highest BCUT2D eigenvalue weighted by molar-refractivity contribution is 9.10. The number of amides is 3. The number of halogens is 1. The quantitative estimate of drug-likeness (QED) is 0.707. The van der Waals surface area contributed by atoms with E-state index in [9.17, 15) is 9.59 Å². The molecule has 1 heterocycles. The first kappa shape index (κ1) is 18.1. The van der Waals surface area contributed by atoms with Crippen molar-refractivity contribution in [2.75, 3.05) is 23.8 Å². The van der Waals surface area contributed by atoms with Crippen molar-refractivity contribution < 1.29 is 19.1 Å². The molecule has 0 saturated carbocycles. The van der Waals surface area contributed by atoms with Gasteiger partial charge in [-0.05, 0) is 33.6 Å². The van der Waals surface area contributed by atoms with Crippen LogP contribution in [0.4, 0.5) is 16.2 Å². The predicted molar refractivity (Wildman–Crippen MR) is 102 cm³/mol. The van der Waals surface area contributed by atoms with Crippen LogP contribution in [0.2, 0.25) is 0 Å². The second-order valence-corrected chi connectivity index (χ2v) is 6.52. The average Bonchev–Trinajstić information content (AvgIpc) is 2.60. The van der Waals surface area contributed by atoms with Gasteiger partial charge in [-0.15, -0.1) is 0 Å². The highest BCUT2D eigenvalue weighted by Gasteiger charge is 2.16. The van der Waals surface area contributed by atoms with Gasteiger partial charge in [-0.2, -0.15) is 0 Å². The fraction of sp³-hybridized carbons (Fsp3) is 0.222. The van der Waals surface area contributed by atoms with E-state index >= 15 is 0 Å². The summed E-state index contributed by atoms with van der Waals surface area (Å²) in [6.45, 7) is 2.75.